The van der Waals surface area contributed by atoms with Gasteiger partial charge in [0.1, 0.15) is 0 Å². The minimum Gasteiger partial charge on any atom is -0.330 e. The average Bonchev–Trinajstić information content (AvgIpc) is 2.52. The van der Waals surface area contributed by atoms with Crippen molar-refractivity contribution in [3.63, 3.8) is 0 Å². The van der Waals surface area contributed by atoms with Crippen LogP contribution < -0.4 is 5.73 Å². The van der Waals surface area contributed by atoms with Crippen molar-refractivity contribution in [2.45, 2.75) is 38.5 Å². The fraction of sp³-hybridized carbons (Fsp3) is 0.368. The number of hydrogen-bond acceptors (Lipinski definition) is 1. The Labute approximate surface area is 122 Å². The first-order valence-electron chi connectivity index (χ1n) is 7.70. The Morgan fingerprint density at radius 2 is 1.00 bits per heavy atom. The molecule has 0 aliphatic heterocycles. The lowest BCUT2D eigenvalue weighted by Gasteiger charge is -2.04. The second-order valence-electron chi connectivity index (χ2n) is 5.40. The predicted molar refractivity (Wildman–Crippen MR) is 86.9 cm³/mol. The lowest BCUT2D eigenvalue weighted by molar-refractivity contribution is 0.734. The molecule has 106 valence electrons. The molecular formula is C19H25N. The summed E-state index contributed by atoms with van der Waals surface area (Å²) in [4.78, 5) is 0. The Bertz CT molecular complexity index is 473. The first kappa shape index (κ1) is 14.8. The van der Waals surface area contributed by atoms with Crippen LogP contribution in [-0.2, 0) is 19.3 Å². The van der Waals surface area contributed by atoms with Gasteiger partial charge in [-0.05, 0) is 61.8 Å². The van der Waals surface area contributed by atoms with Crippen LogP contribution in [0.25, 0.3) is 0 Å². The van der Waals surface area contributed by atoms with Crippen LogP contribution in [0.3, 0.4) is 0 Å². The molecule has 0 amide bonds. The molecule has 0 saturated carbocycles. The van der Waals surface area contributed by atoms with E-state index in [0.717, 1.165) is 19.4 Å². The van der Waals surface area contributed by atoms with E-state index in [1.807, 2.05) is 0 Å². The highest BCUT2D eigenvalue weighted by atomic mass is 14.5. The summed E-state index contributed by atoms with van der Waals surface area (Å²) in [5.74, 6) is 0. The van der Waals surface area contributed by atoms with Crippen molar-refractivity contribution in [3.8, 4) is 0 Å². The molecule has 0 atom stereocenters. The largest absolute Gasteiger partial charge is 0.330 e. The number of aryl methyl sites for hydroxylation is 3. The maximum atomic E-state index is 5.54. The van der Waals surface area contributed by atoms with Crippen LogP contribution in [0.5, 0.6) is 0 Å². The van der Waals surface area contributed by atoms with Crippen LogP contribution >= 0.6 is 0 Å². The van der Waals surface area contributed by atoms with E-state index in [-0.39, 0.29) is 0 Å². The molecule has 0 bridgehead atoms. The molecule has 0 heterocycles. The molecule has 0 saturated heterocycles. The van der Waals surface area contributed by atoms with Crippen LogP contribution in [0.1, 0.15) is 36.0 Å². The number of unbranched alkanes of at least 4 members (excludes halogenated alkanes) is 1. The number of benzene rings is 2. The van der Waals surface area contributed by atoms with Gasteiger partial charge in [0.25, 0.3) is 0 Å². The number of rotatable bonds is 8. The standard InChI is InChI=1S/C19H25N/c20-16-6-11-19-14-12-18(13-15-19)10-5-4-9-17-7-2-1-3-8-17/h1-3,7-8,12-15H,4-6,9-11,16,20H2. The average molecular weight is 267 g/mol. The molecule has 2 N–H and O–H groups in total. The summed E-state index contributed by atoms with van der Waals surface area (Å²) in [5.41, 5.74) is 9.84. The molecule has 0 unspecified atom stereocenters. The summed E-state index contributed by atoms with van der Waals surface area (Å²) in [7, 11) is 0. The van der Waals surface area contributed by atoms with Gasteiger partial charge in [0.15, 0.2) is 0 Å². The Kier molecular flexibility index (Phi) is 6.33. The Hall–Kier alpha value is -1.60. The molecule has 0 fully saturated rings. The van der Waals surface area contributed by atoms with Gasteiger partial charge < -0.3 is 5.73 Å². The monoisotopic (exact) mass is 267 g/mol. The van der Waals surface area contributed by atoms with Gasteiger partial charge in [-0.3, -0.25) is 0 Å². The zero-order valence-electron chi connectivity index (χ0n) is 12.2. The van der Waals surface area contributed by atoms with E-state index in [2.05, 4.69) is 54.6 Å². The molecule has 20 heavy (non-hydrogen) atoms. The smallest absolute Gasteiger partial charge is 0.00741 e. The molecule has 0 aliphatic rings. The first-order valence-corrected chi connectivity index (χ1v) is 7.70. The third-order valence-corrected chi connectivity index (χ3v) is 3.72. The van der Waals surface area contributed by atoms with E-state index >= 15 is 0 Å². The van der Waals surface area contributed by atoms with Crippen LogP contribution in [0.15, 0.2) is 54.6 Å². The van der Waals surface area contributed by atoms with Gasteiger partial charge in [-0.25, -0.2) is 0 Å². The lowest BCUT2D eigenvalue weighted by Crippen LogP contribution is -2.00. The van der Waals surface area contributed by atoms with Crippen molar-refractivity contribution in [1.82, 2.24) is 0 Å². The zero-order chi connectivity index (χ0) is 14.0. The molecule has 0 spiro atoms. The van der Waals surface area contributed by atoms with Crippen LogP contribution in [0.4, 0.5) is 0 Å². The third kappa shape index (κ3) is 5.18. The highest BCUT2D eigenvalue weighted by Crippen LogP contribution is 2.11. The molecule has 0 radical (unpaired) electrons. The van der Waals surface area contributed by atoms with E-state index in [1.54, 1.807) is 0 Å². The summed E-state index contributed by atoms with van der Waals surface area (Å²) in [6.07, 6.45) is 7.08. The quantitative estimate of drug-likeness (QED) is 0.715. The van der Waals surface area contributed by atoms with Gasteiger partial charge in [-0.15, -0.1) is 0 Å². The second kappa shape index (κ2) is 8.55. The van der Waals surface area contributed by atoms with Gasteiger partial charge in [-0.1, -0.05) is 54.6 Å². The molecule has 2 aromatic carbocycles. The fourth-order valence-electron chi connectivity index (χ4n) is 2.48. The fourth-order valence-corrected chi connectivity index (χ4v) is 2.48. The van der Waals surface area contributed by atoms with Gasteiger partial charge in [-0.2, -0.15) is 0 Å². The Morgan fingerprint density at radius 3 is 1.50 bits per heavy atom. The summed E-state index contributed by atoms with van der Waals surface area (Å²) >= 11 is 0. The van der Waals surface area contributed by atoms with Crippen molar-refractivity contribution >= 4 is 0 Å². The molecule has 1 nitrogen and oxygen atoms in total. The van der Waals surface area contributed by atoms with E-state index in [9.17, 15) is 0 Å². The van der Waals surface area contributed by atoms with Crippen molar-refractivity contribution in [2.24, 2.45) is 5.73 Å². The van der Waals surface area contributed by atoms with Crippen molar-refractivity contribution < 1.29 is 0 Å². The van der Waals surface area contributed by atoms with Crippen molar-refractivity contribution in [1.29, 1.82) is 0 Å². The van der Waals surface area contributed by atoms with Gasteiger partial charge in [0, 0.05) is 0 Å². The lowest BCUT2D eigenvalue weighted by atomic mass is 10.0. The van der Waals surface area contributed by atoms with Crippen molar-refractivity contribution in [2.75, 3.05) is 6.54 Å². The minimum absolute atomic E-state index is 0.779. The van der Waals surface area contributed by atoms with Gasteiger partial charge >= 0.3 is 0 Å². The molecule has 0 aliphatic carbocycles. The van der Waals surface area contributed by atoms with E-state index in [1.165, 1.54) is 42.4 Å². The third-order valence-electron chi connectivity index (χ3n) is 3.72. The second-order valence-corrected chi connectivity index (χ2v) is 5.40. The van der Waals surface area contributed by atoms with Crippen LogP contribution in [-0.4, -0.2) is 6.54 Å². The molecule has 2 rings (SSSR count). The molecule has 2 aromatic rings. The SMILES string of the molecule is NCCCc1ccc(CCCCc2ccccc2)cc1. The topological polar surface area (TPSA) is 26.0 Å². The van der Waals surface area contributed by atoms with Crippen molar-refractivity contribution in [3.05, 3.63) is 71.3 Å². The van der Waals surface area contributed by atoms with Gasteiger partial charge in [0.2, 0.25) is 0 Å². The van der Waals surface area contributed by atoms with Crippen LogP contribution in [0, 0.1) is 0 Å². The highest BCUT2D eigenvalue weighted by molar-refractivity contribution is 5.22. The number of hydrogen-bond donors (Lipinski definition) is 1. The zero-order valence-corrected chi connectivity index (χ0v) is 12.2. The molecule has 0 aromatic heterocycles. The highest BCUT2D eigenvalue weighted by Gasteiger charge is 1.97. The maximum Gasteiger partial charge on any atom is -0.00741 e. The Morgan fingerprint density at radius 1 is 0.550 bits per heavy atom. The summed E-state index contributed by atoms with van der Waals surface area (Å²) in [6, 6.07) is 19.8. The normalized spacial score (nSPS) is 10.7. The number of nitrogens with two attached hydrogens (primary N) is 1. The summed E-state index contributed by atoms with van der Waals surface area (Å²) < 4.78 is 0. The van der Waals surface area contributed by atoms with Crippen LogP contribution in [0.2, 0.25) is 0 Å². The maximum absolute atomic E-state index is 5.54. The Balaban J connectivity index is 1.69. The van der Waals surface area contributed by atoms with Gasteiger partial charge in [0.05, 0.1) is 0 Å². The van der Waals surface area contributed by atoms with E-state index in [4.69, 9.17) is 5.73 Å². The molecular weight excluding hydrogens is 242 g/mol. The first-order chi connectivity index (χ1) is 9.88. The van der Waals surface area contributed by atoms with E-state index < -0.39 is 0 Å². The summed E-state index contributed by atoms with van der Waals surface area (Å²) in [5, 5.41) is 0. The molecule has 1 heteroatoms. The summed E-state index contributed by atoms with van der Waals surface area (Å²) in [6.45, 7) is 0.779. The van der Waals surface area contributed by atoms with E-state index in [0.29, 0.717) is 0 Å². The minimum atomic E-state index is 0.779. The predicted octanol–water partition coefficient (Wildman–Crippen LogP) is 4.14.